The van der Waals surface area contributed by atoms with Crippen LogP contribution in [0.3, 0.4) is 0 Å². The number of aliphatic hydroxyl groups excluding tert-OH is 1. The topological polar surface area (TPSA) is 87.0 Å². The highest BCUT2D eigenvalue weighted by Crippen LogP contribution is 2.33. The van der Waals surface area contributed by atoms with Crippen molar-refractivity contribution in [2.45, 2.75) is 0 Å². The maximum absolute atomic E-state index is 10.1. The molecule has 0 bridgehead atoms. The number of hydrogen-bond donors (Lipinski definition) is 3. The minimum absolute atomic E-state index is 0.00909. The van der Waals surface area contributed by atoms with E-state index in [2.05, 4.69) is 4.74 Å². The van der Waals surface area contributed by atoms with Gasteiger partial charge in [-0.3, -0.25) is 4.57 Å². The molecule has 0 aliphatic heterocycles. The van der Waals surface area contributed by atoms with E-state index < -0.39 is 7.60 Å². The van der Waals surface area contributed by atoms with Crippen molar-refractivity contribution >= 4 is 7.60 Å². The van der Waals surface area contributed by atoms with Crippen molar-refractivity contribution in [1.29, 1.82) is 0 Å². The van der Waals surface area contributed by atoms with Gasteiger partial charge in [0.25, 0.3) is 0 Å². The van der Waals surface area contributed by atoms with Gasteiger partial charge in [0.15, 0.2) is 0 Å². The molecule has 0 fully saturated rings. The molecule has 0 saturated heterocycles. The van der Waals surface area contributed by atoms with Crippen LogP contribution in [0.15, 0.2) is 0 Å². The predicted octanol–water partition coefficient (Wildman–Crippen LogP) is -0.827. The van der Waals surface area contributed by atoms with Crippen molar-refractivity contribution in [3.8, 4) is 0 Å². The summed E-state index contributed by atoms with van der Waals surface area (Å²) in [4.78, 5) is 16.6. The zero-order valence-corrected chi connectivity index (χ0v) is 6.33. The lowest BCUT2D eigenvalue weighted by Crippen LogP contribution is -2.04. The number of rotatable bonds is 5. The van der Waals surface area contributed by atoms with Gasteiger partial charge in [0, 0.05) is 0 Å². The predicted molar refractivity (Wildman–Crippen MR) is 34.8 cm³/mol. The summed E-state index contributed by atoms with van der Waals surface area (Å²) in [5, 5.41) is 8.18. The second-order valence-electron chi connectivity index (χ2n) is 1.72. The molecule has 0 atom stereocenters. The number of hydrogen-bond acceptors (Lipinski definition) is 3. The summed E-state index contributed by atoms with van der Waals surface area (Å²) >= 11 is 0. The van der Waals surface area contributed by atoms with Crippen LogP contribution in [0.2, 0.25) is 0 Å². The van der Waals surface area contributed by atoms with E-state index in [-0.39, 0.29) is 26.0 Å². The van der Waals surface area contributed by atoms with Crippen molar-refractivity contribution in [3.63, 3.8) is 0 Å². The number of aliphatic hydroxyl groups is 1. The zero-order chi connectivity index (χ0) is 8.04. The van der Waals surface area contributed by atoms with Crippen LogP contribution < -0.4 is 0 Å². The molecule has 0 radical (unpaired) electrons. The average molecular weight is 170 g/mol. The average Bonchev–Trinajstić information content (AvgIpc) is 1.78. The number of ether oxygens (including phenoxy) is 1. The summed E-state index contributed by atoms with van der Waals surface area (Å²) < 4.78 is 14.8. The fourth-order valence-corrected chi connectivity index (χ4v) is 0.717. The molecule has 0 amide bonds. The lowest BCUT2D eigenvalue weighted by atomic mass is 10.7. The van der Waals surface area contributed by atoms with Gasteiger partial charge in [0.1, 0.15) is 0 Å². The van der Waals surface area contributed by atoms with E-state index in [4.69, 9.17) is 14.9 Å². The molecule has 6 heteroatoms. The zero-order valence-electron chi connectivity index (χ0n) is 5.43. The minimum Gasteiger partial charge on any atom is -0.394 e. The van der Waals surface area contributed by atoms with Crippen LogP contribution in [0.1, 0.15) is 0 Å². The summed E-state index contributed by atoms with van der Waals surface area (Å²) in [5.41, 5.74) is 0. The standard InChI is InChI=1S/C4H11O5P/c5-1-2-9-3-4-10(6,7)8/h5H,1-4H2,(H2,6,7,8). The smallest absolute Gasteiger partial charge is 0.327 e. The third-order valence-corrected chi connectivity index (χ3v) is 1.53. The van der Waals surface area contributed by atoms with Crippen LogP contribution in [0, 0.1) is 0 Å². The third-order valence-electron chi connectivity index (χ3n) is 0.763. The summed E-state index contributed by atoms with van der Waals surface area (Å²) in [7, 11) is -3.91. The van der Waals surface area contributed by atoms with E-state index in [1.54, 1.807) is 0 Å². The lowest BCUT2D eigenvalue weighted by molar-refractivity contribution is 0.101. The van der Waals surface area contributed by atoms with Gasteiger partial charge in [-0.25, -0.2) is 0 Å². The minimum atomic E-state index is -3.91. The molecule has 0 rings (SSSR count). The van der Waals surface area contributed by atoms with Gasteiger partial charge in [-0.1, -0.05) is 0 Å². The van der Waals surface area contributed by atoms with E-state index in [9.17, 15) is 4.57 Å². The first-order valence-electron chi connectivity index (χ1n) is 2.79. The third kappa shape index (κ3) is 8.07. The Balaban J connectivity index is 3.13. The molecule has 10 heavy (non-hydrogen) atoms. The molecule has 0 aromatic heterocycles. The maximum Gasteiger partial charge on any atom is 0.327 e. The Morgan fingerprint density at radius 3 is 2.30 bits per heavy atom. The van der Waals surface area contributed by atoms with Gasteiger partial charge in [-0.2, -0.15) is 0 Å². The Hall–Kier alpha value is 0.0700. The van der Waals surface area contributed by atoms with Crippen molar-refractivity contribution < 1.29 is 24.2 Å². The molecule has 0 aromatic rings. The SMILES string of the molecule is O=P(O)(O)CCOCCO. The molecule has 0 unspecified atom stereocenters. The first-order valence-corrected chi connectivity index (χ1v) is 4.59. The van der Waals surface area contributed by atoms with Crippen LogP contribution in [0.4, 0.5) is 0 Å². The second-order valence-corrected chi connectivity index (χ2v) is 3.50. The van der Waals surface area contributed by atoms with Crippen LogP contribution >= 0.6 is 7.60 Å². The van der Waals surface area contributed by atoms with Crippen LogP contribution in [-0.2, 0) is 9.30 Å². The van der Waals surface area contributed by atoms with Gasteiger partial charge in [0.05, 0.1) is 26.0 Å². The van der Waals surface area contributed by atoms with Gasteiger partial charge < -0.3 is 19.6 Å². The highest BCUT2D eigenvalue weighted by molar-refractivity contribution is 7.51. The second kappa shape index (κ2) is 4.82. The van der Waals surface area contributed by atoms with Gasteiger partial charge in [-0.05, 0) is 0 Å². The molecule has 0 heterocycles. The van der Waals surface area contributed by atoms with E-state index in [1.165, 1.54) is 0 Å². The molecule has 0 aliphatic rings. The van der Waals surface area contributed by atoms with Crippen molar-refractivity contribution in [3.05, 3.63) is 0 Å². The molecule has 3 N–H and O–H groups in total. The van der Waals surface area contributed by atoms with E-state index >= 15 is 0 Å². The largest absolute Gasteiger partial charge is 0.394 e. The Kier molecular flexibility index (Phi) is 4.85. The fraction of sp³-hybridized carbons (Fsp3) is 1.00. The molecule has 62 valence electrons. The van der Waals surface area contributed by atoms with E-state index in [1.807, 2.05) is 0 Å². The Labute approximate surface area is 58.8 Å². The Bertz CT molecular complexity index is 119. The molecular formula is C4H11O5P. The summed E-state index contributed by atoms with van der Waals surface area (Å²) in [5.74, 6) is 0. The summed E-state index contributed by atoms with van der Waals surface area (Å²) in [6.07, 6.45) is -0.285. The monoisotopic (exact) mass is 170 g/mol. The van der Waals surface area contributed by atoms with E-state index in [0.29, 0.717) is 0 Å². The Morgan fingerprint density at radius 1 is 1.30 bits per heavy atom. The molecule has 0 saturated carbocycles. The van der Waals surface area contributed by atoms with Crippen molar-refractivity contribution in [2.24, 2.45) is 0 Å². The van der Waals surface area contributed by atoms with Crippen molar-refractivity contribution in [2.75, 3.05) is 26.0 Å². The normalized spacial score (nSPS) is 11.9. The van der Waals surface area contributed by atoms with Crippen LogP contribution in [-0.4, -0.2) is 40.9 Å². The van der Waals surface area contributed by atoms with Crippen LogP contribution in [0.5, 0.6) is 0 Å². The lowest BCUT2D eigenvalue weighted by Gasteiger charge is -2.02. The molecule has 0 spiro atoms. The molecule has 5 nitrogen and oxygen atoms in total. The summed E-state index contributed by atoms with van der Waals surface area (Å²) in [6, 6.07) is 0. The highest BCUT2D eigenvalue weighted by atomic mass is 31.2. The van der Waals surface area contributed by atoms with E-state index in [0.717, 1.165) is 0 Å². The summed E-state index contributed by atoms with van der Waals surface area (Å²) in [6.45, 7) is -0.00794. The van der Waals surface area contributed by atoms with Gasteiger partial charge >= 0.3 is 7.60 Å². The highest BCUT2D eigenvalue weighted by Gasteiger charge is 2.11. The molecular weight excluding hydrogens is 159 g/mol. The fourth-order valence-electron chi connectivity index (χ4n) is 0.350. The van der Waals surface area contributed by atoms with Gasteiger partial charge in [0.2, 0.25) is 0 Å². The molecule has 0 aliphatic carbocycles. The Morgan fingerprint density at radius 2 is 1.90 bits per heavy atom. The van der Waals surface area contributed by atoms with Crippen molar-refractivity contribution in [1.82, 2.24) is 0 Å². The van der Waals surface area contributed by atoms with Gasteiger partial charge in [-0.15, -0.1) is 0 Å². The molecule has 0 aromatic carbocycles. The van der Waals surface area contributed by atoms with Crippen LogP contribution in [0.25, 0.3) is 0 Å². The first-order chi connectivity index (χ1) is 4.56. The first kappa shape index (κ1) is 10.1. The maximum atomic E-state index is 10.1. The quantitative estimate of drug-likeness (QED) is 0.370.